The summed E-state index contributed by atoms with van der Waals surface area (Å²) < 4.78 is 11.4. The zero-order chi connectivity index (χ0) is 19.7. The second-order valence-electron chi connectivity index (χ2n) is 9.39. The Kier molecular flexibility index (Phi) is 3.66. The highest BCUT2D eigenvalue weighted by Crippen LogP contribution is 2.77. The Bertz CT molecular complexity index is 889. The molecule has 0 amide bonds. The van der Waals surface area contributed by atoms with Gasteiger partial charge in [0.25, 0.3) is 0 Å². The summed E-state index contributed by atoms with van der Waals surface area (Å²) in [5.41, 5.74) is 1.79. The summed E-state index contributed by atoms with van der Waals surface area (Å²) >= 11 is 0. The molecule has 0 N–H and O–H groups in total. The van der Waals surface area contributed by atoms with Gasteiger partial charge < -0.3 is 14.3 Å². The van der Waals surface area contributed by atoms with E-state index in [9.17, 15) is 9.59 Å². The van der Waals surface area contributed by atoms with Gasteiger partial charge in [-0.15, -0.1) is 0 Å². The third kappa shape index (κ3) is 1.92. The highest BCUT2D eigenvalue weighted by molar-refractivity contribution is 5.70. The van der Waals surface area contributed by atoms with Crippen molar-refractivity contribution in [2.24, 2.45) is 22.7 Å². The number of aldehydes is 1. The van der Waals surface area contributed by atoms with Gasteiger partial charge in [-0.3, -0.25) is 4.79 Å². The number of benzene rings is 1. The molecule has 0 saturated heterocycles. The van der Waals surface area contributed by atoms with Crippen molar-refractivity contribution in [2.75, 3.05) is 7.11 Å². The molecule has 4 heteroatoms. The highest BCUT2D eigenvalue weighted by atomic mass is 16.6. The van der Waals surface area contributed by atoms with Gasteiger partial charge in [-0.2, -0.15) is 0 Å². The van der Waals surface area contributed by atoms with Gasteiger partial charge in [0.1, 0.15) is 17.6 Å². The van der Waals surface area contributed by atoms with Crippen LogP contribution in [0.4, 0.5) is 0 Å². The van der Waals surface area contributed by atoms with Crippen molar-refractivity contribution in [3.8, 4) is 5.75 Å². The Labute approximate surface area is 166 Å². The molecule has 1 aromatic rings. The van der Waals surface area contributed by atoms with Crippen LogP contribution in [0, 0.1) is 22.7 Å². The maximum absolute atomic E-state index is 12.1. The van der Waals surface area contributed by atoms with Crippen LogP contribution in [0.3, 0.4) is 0 Å². The molecule has 1 aromatic carbocycles. The van der Waals surface area contributed by atoms with Crippen molar-refractivity contribution in [3.63, 3.8) is 0 Å². The molecule has 6 atom stereocenters. The molecule has 5 rings (SSSR count). The molecular weight excluding hydrogens is 352 g/mol. The van der Waals surface area contributed by atoms with Crippen LogP contribution in [0.5, 0.6) is 5.75 Å². The first-order chi connectivity index (χ1) is 13.4. The van der Waals surface area contributed by atoms with E-state index in [2.05, 4.69) is 37.3 Å². The molecule has 0 radical (unpaired) electrons. The van der Waals surface area contributed by atoms with Crippen molar-refractivity contribution in [1.82, 2.24) is 0 Å². The number of carbonyl (C=O) groups is 2. The Morgan fingerprint density at radius 2 is 2.07 bits per heavy atom. The summed E-state index contributed by atoms with van der Waals surface area (Å²) in [4.78, 5) is 24.0. The lowest BCUT2D eigenvalue weighted by molar-refractivity contribution is -0.173. The van der Waals surface area contributed by atoms with Crippen LogP contribution in [0.25, 0.3) is 0 Å². The number of ether oxygens (including phenoxy) is 2. The van der Waals surface area contributed by atoms with E-state index >= 15 is 0 Å². The van der Waals surface area contributed by atoms with E-state index in [4.69, 9.17) is 9.47 Å². The molecular formula is C24H28O4. The van der Waals surface area contributed by atoms with Gasteiger partial charge in [-0.1, -0.05) is 19.1 Å². The molecule has 0 heterocycles. The van der Waals surface area contributed by atoms with Crippen LogP contribution in [-0.4, -0.2) is 25.0 Å². The van der Waals surface area contributed by atoms with Gasteiger partial charge in [0.05, 0.1) is 13.0 Å². The van der Waals surface area contributed by atoms with E-state index in [0.29, 0.717) is 11.8 Å². The number of allylic oxidation sites excluding steroid dienone is 1. The van der Waals surface area contributed by atoms with E-state index < -0.39 is 5.60 Å². The second kappa shape index (κ2) is 5.71. The number of hydrogen-bond acceptors (Lipinski definition) is 4. The van der Waals surface area contributed by atoms with Crippen molar-refractivity contribution < 1.29 is 19.1 Å². The SMILES string of the molecule is COc1ccc2c(c1)CC[C@@H]1[C@@H]2CC[C@@]2(C)[C@]13C=C[C@@]2(OC(C)=O)[C@H](C=O)C3. The lowest BCUT2D eigenvalue weighted by Gasteiger charge is -2.56. The maximum atomic E-state index is 12.1. The number of hydrogen-bond donors (Lipinski definition) is 0. The number of esters is 1. The maximum Gasteiger partial charge on any atom is 0.303 e. The highest BCUT2D eigenvalue weighted by Gasteiger charge is 2.76. The van der Waals surface area contributed by atoms with Crippen molar-refractivity contribution in [1.29, 1.82) is 0 Å². The first-order valence-electron chi connectivity index (χ1n) is 10.4. The van der Waals surface area contributed by atoms with Crippen LogP contribution in [0.2, 0.25) is 0 Å². The van der Waals surface area contributed by atoms with Crippen molar-refractivity contribution in [3.05, 3.63) is 41.5 Å². The van der Waals surface area contributed by atoms with Gasteiger partial charge in [0.2, 0.25) is 0 Å². The molecule has 0 aromatic heterocycles. The fraction of sp³-hybridized carbons (Fsp3) is 0.583. The van der Waals surface area contributed by atoms with E-state index in [1.807, 2.05) is 0 Å². The van der Waals surface area contributed by atoms with Crippen LogP contribution in [0.1, 0.15) is 56.6 Å². The topological polar surface area (TPSA) is 52.6 Å². The third-order valence-electron chi connectivity index (χ3n) is 8.68. The van der Waals surface area contributed by atoms with Gasteiger partial charge >= 0.3 is 5.97 Å². The summed E-state index contributed by atoms with van der Waals surface area (Å²) in [6.45, 7) is 3.72. The Hall–Kier alpha value is -2.10. The van der Waals surface area contributed by atoms with E-state index in [-0.39, 0.29) is 22.7 Å². The lowest BCUT2D eigenvalue weighted by Crippen LogP contribution is -2.54. The zero-order valence-electron chi connectivity index (χ0n) is 16.9. The quantitative estimate of drug-likeness (QED) is 0.448. The third-order valence-corrected chi connectivity index (χ3v) is 8.68. The first kappa shape index (κ1) is 18.0. The van der Waals surface area contributed by atoms with Crippen LogP contribution >= 0.6 is 0 Å². The van der Waals surface area contributed by atoms with Crippen LogP contribution in [0.15, 0.2) is 30.4 Å². The van der Waals surface area contributed by atoms with Gasteiger partial charge in [0.15, 0.2) is 0 Å². The van der Waals surface area contributed by atoms with E-state index in [1.165, 1.54) is 18.1 Å². The molecule has 28 heavy (non-hydrogen) atoms. The number of fused-ring (bicyclic) bond motifs is 3. The summed E-state index contributed by atoms with van der Waals surface area (Å²) in [5.74, 6) is 1.35. The minimum absolute atomic E-state index is 0.0748. The molecule has 2 fully saturated rings. The summed E-state index contributed by atoms with van der Waals surface area (Å²) in [6, 6.07) is 6.51. The fourth-order valence-corrected chi connectivity index (χ4v) is 7.50. The minimum atomic E-state index is -0.772. The smallest absolute Gasteiger partial charge is 0.303 e. The fourth-order valence-electron chi connectivity index (χ4n) is 7.50. The Morgan fingerprint density at radius 3 is 2.79 bits per heavy atom. The van der Waals surface area contributed by atoms with E-state index in [0.717, 1.165) is 44.1 Å². The molecule has 4 nitrogen and oxygen atoms in total. The first-order valence-corrected chi connectivity index (χ1v) is 10.4. The Balaban J connectivity index is 1.60. The molecule has 0 aliphatic heterocycles. The standard InChI is InChI=1S/C24H28O4/c1-15(26)28-24-11-10-23(13-17(24)14-25)21-7-4-16-12-18(27-3)5-6-19(16)20(21)8-9-22(23,24)2/h5-6,10-12,14,17,20-21H,4,7-9,13H2,1-3H3/t17-,20+,21+,22-,23-,24+/m0/s1. The lowest BCUT2D eigenvalue weighted by atomic mass is 9.48. The zero-order valence-corrected chi connectivity index (χ0v) is 16.9. The van der Waals surface area contributed by atoms with E-state index in [1.54, 1.807) is 7.11 Å². The van der Waals surface area contributed by atoms with Crippen LogP contribution < -0.4 is 4.74 Å². The molecule has 4 aliphatic carbocycles. The number of methoxy groups -OCH3 is 1. The predicted molar refractivity (Wildman–Crippen MR) is 105 cm³/mol. The largest absolute Gasteiger partial charge is 0.497 e. The second-order valence-corrected chi connectivity index (χ2v) is 9.39. The summed E-state index contributed by atoms with van der Waals surface area (Å²) in [5, 5.41) is 0. The summed E-state index contributed by atoms with van der Waals surface area (Å²) in [6.07, 6.45) is 10.4. The Morgan fingerprint density at radius 1 is 1.25 bits per heavy atom. The predicted octanol–water partition coefficient (Wildman–Crippen LogP) is 4.22. The molecule has 2 saturated carbocycles. The summed E-state index contributed by atoms with van der Waals surface area (Å²) in [7, 11) is 1.72. The van der Waals surface area contributed by atoms with Crippen LogP contribution in [-0.2, 0) is 20.7 Å². The average molecular weight is 380 g/mol. The normalized spacial score (nSPS) is 42.3. The number of carbonyl (C=O) groups excluding carboxylic acids is 2. The average Bonchev–Trinajstić information content (AvgIpc) is 3.06. The minimum Gasteiger partial charge on any atom is -0.497 e. The van der Waals surface area contributed by atoms with Crippen molar-refractivity contribution in [2.45, 2.75) is 57.5 Å². The molecule has 2 bridgehead atoms. The van der Waals surface area contributed by atoms with Gasteiger partial charge in [-0.25, -0.2) is 0 Å². The molecule has 4 aliphatic rings. The van der Waals surface area contributed by atoms with Crippen molar-refractivity contribution >= 4 is 12.3 Å². The molecule has 0 unspecified atom stereocenters. The number of aryl methyl sites for hydroxylation is 1. The number of rotatable bonds is 3. The van der Waals surface area contributed by atoms with Gasteiger partial charge in [0, 0.05) is 17.8 Å². The monoisotopic (exact) mass is 380 g/mol. The molecule has 148 valence electrons. The molecule has 0 spiro atoms. The van der Waals surface area contributed by atoms with Gasteiger partial charge in [-0.05, 0) is 73.3 Å².